The van der Waals surface area contributed by atoms with E-state index in [0.717, 1.165) is 51.4 Å². The van der Waals surface area contributed by atoms with E-state index in [9.17, 15) is 4.79 Å². The van der Waals surface area contributed by atoms with Gasteiger partial charge in [0.1, 0.15) is 0 Å². The van der Waals surface area contributed by atoms with Crippen LogP contribution >= 0.6 is 0 Å². The molecule has 0 saturated carbocycles. The molecule has 0 bridgehead atoms. The lowest BCUT2D eigenvalue weighted by atomic mass is 10.1. The maximum Gasteiger partial charge on any atom is 0.335 e. The molecule has 0 radical (unpaired) electrons. The van der Waals surface area contributed by atoms with Crippen molar-refractivity contribution < 1.29 is 9.90 Å². The summed E-state index contributed by atoms with van der Waals surface area (Å²) in [4.78, 5) is 18.3. The number of benzene rings is 2. The van der Waals surface area contributed by atoms with Gasteiger partial charge in [0.25, 0.3) is 0 Å². The zero-order valence-corrected chi connectivity index (χ0v) is 15.3. The fourth-order valence-electron chi connectivity index (χ4n) is 3.37. The standard InChI is InChI=1S/C21H27N3O2/c1-22(17-18-6-5-7-19(16-18)21(25)26)10-11-23-12-14-24(15-13-23)20-8-3-2-4-9-20/h2-9,16H,10-15,17H2,1H3,(H,25,26). The Morgan fingerprint density at radius 2 is 1.77 bits per heavy atom. The van der Waals surface area contributed by atoms with Crippen LogP contribution in [0.5, 0.6) is 0 Å². The minimum Gasteiger partial charge on any atom is -0.478 e. The molecule has 1 heterocycles. The number of nitrogens with zero attached hydrogens (tertiary/aromatic N) is 3. The molecule has 5 heteroatoms. The Kier molecular flexibility index (Phi) is 6.26. The summed E-state index contributed by atoms with van der Waals surface area (Å²) in [5, 5.41) is 9.10. The van der Waals surface area contributed by atoms with Gasteiger partial charge >= 0.3 is 5.97 Å². The Balaban J connectivity index is 1.42. The van der Waals surface area contributed by atoms with E-state index in [0.29, 0.717) is 5.56 Å². The van der Waals surface area contributed by atoms with Gasteiger partial charge in [-0.25, -0.2) is 4.79 Å². The van der Waals surface area contributed by atoms with Crippen LogP contribution in [0, 0.1) is 0 Å². The highest BCUT2D eigenvalue weighted by Gasteiger charge is 2.17. The average molecular weight is 353 g/mol. The summed E-state index contributed by atoms with van der Waals surface area (Å²) in [5.74, 6) is -0.870. The summed E-state index contributed by atoms with van der Waals surface area (Å²) in [6.45, 7) is 7.07. The average Bonchev–Trinajstić information content (AvgIpc) is 2.68. The van der Waals surface area contributed by atoms with Gasteiger partial charge in [-0.05, 0) is 36.9 Å². The number of carboxylic acid groups (broad SMARTS) is 1. The summed E-state index contributed by atoms with van der Waals surface area (Å²) in [5.41, 5.74) is 2.71. The summed E-state index contributed by atoms with van der Waals surface area (Å²) in [6.07, 6.45) is 0. The van der Waals surface area contributed by atoms with Crippen LogP contribution in [-0.2, 0) is 6.54 Å². The van der Waals surface area contributed by atoms with Gasteiger partial charge in [0.2, 0.25) is 0 Å². The number of hydrogen-bond acceptors (Lipinski definition) is 4. The quantitative estimate of drug-likeness (QED) is 0.829. The molecule has 0 atom stereocenters. The predicted octanol–water partition coefficient (Wildman–Crippen LogP) is 2.64. The second kappa shape index (κ2) is 8.83. The lowest BCUT2D eigenvalue weighted by Gasteiger charge is -2.36. The molecule has 0 spiro atoms. The van der Waals surface area contributed by atoms with E-state index < -0.39 is 5.97 Å². The van der Waals surface area contributed by atoms with Gasteiger partial charge in [-0.1, -0.05) is 30.3 Å². The number of piperazine rings is 1. The smallest absolute Gasteiger partial charge is 0.335 e. The molecular formula is C21H27N3O2. The number of carbonyl (C=O) groups is 1. The van der Waals surface area contributed by atoms with E-state index in [1.54, 1.807) is 12.1 Å². The normalized spacial score (nSPS) is 15.4. The second-order valence-corrected chi connectivity index (χ2v) is 6.91. The van der Waals surface area contributed by atoms with E-state index in [1.807, 2.05) is 12.1 Å². The minimum atomic E-state index is -0.870. The van der Waals surface area contributed by atoms with Crippen molar-refractivity contribution in [1.29, 1.82) is 0 Å². The van der Waals surface area contributed by atoms with Crippen molar-refractivity contribution >= 4 is 11.7 Å². The fraction of sp³-hybridized carbons (Fsp3) is 0.381. The van der Waals surface area contributed by atoms with Crippen LogP contribution in [0.1, 0.15) is 15.9 Å². The van der Waals surface area contributed by atoms with Crippen molar-refractivity contribution in [3.05, 3.63) is 65.7 Å². The Bertz CT molecular complexity index is 712. The zero-order chi connectivity index (χ0) is 18.4. The first-order valence-corrected chi connectivity index (χ1v) is 9.15. The SMILES string of the molecule is CN(CCN1CCN(c2ccccc2)CC1)Cc1cccc(C(=O)O)c1. The molecule has 0 amide bonds. The molecule has 1 aliphatic rings. The molecular weight excluding hydrogens is 326 g/mol. The van der Waals surface area contributed by atoms with Crippen molar-refractivity contribution in [1.82, 2.24) is 9.80 Å². The van der Waals surface area contributed by atoms with Gasteiger partial charge in [-0.2, -0.15) is 0 Å². The minimum absolute atomic E-state index is 0.355. The number of para-hydroxylation sites is 1. The predicted molar refractivity (Wildman–Crippen MR) is 105 cm³/mol. The number of carboxylic acids is 1. The molecule has 138 valence electrons. The van der Waals surface area contributed by atoms with Crippen molar-refractivity contribution in [2.75, 3.05) is 51.2 Å². The number of hydrogen-bond donors (Lipinski definition) is 1. The highest BCUT2D eigenvalue weighted by atomic mass is 16.4. The maximum atomic E-state index is 11.1. The van der Waals surface area contributed by atoms with Crippen LogP contribution in [0.15, 0.2) is 54.6 Å². The zero-order valence-electron chi connectivity index (χ0n) is 15.3. The Hall–Kier alpha value is -2.37. The molecule has 1 saturated heterocycles. The molecule has 0 unspecified atom stereocenters. The van der Waals surface area contributed by atoms with Crippen LogP contribution in [0.3, 0.4) is 0 Å². The van der Waals surface area contributed by atoms with Crippen LogP contribution in [0.25, 0.3) is 0 Å². The molecule has 26 heavy (non-hydrogen) atoms. The maximum absolute atomic E-state index is 11.1. The molecule has 0 aliphatic carbocycles. The van der Waals surface area contributed by atoms with Crippen molar-refractivity contribution in [3.63, 3.8) is 0 Å². The summed E-state index contributed by atoms with van der Waals surface area (Å²) in [7, 11) is 2.09. The molecule has 2 aromatic rings. The Morgan fingerprint density at radius 1 is 1.04 bits per heavy atom. The summed E-state index contributed by atoms with van der Waals surface area (Å²) >= 11 is 0. The molecule has 1 aliphatic heterocycles. The van der Waals surface area contributed by atoms with Crippen LogP contribution in [-0.4, -0.2) is 67.2 Å². The van der Waals surface area contributed by atoms with E-state index in [-0.39, 0.29) is 0 Å². The highest BCUT2D eigenvalue weighted by Crippen LogP contribution is 2.15. The van der Waals surface area contributed by atoms with Crippen LogP contribution < -0.4 is 4.90 Å². The fourth-order valence-corrected chi connectivity index (χ4v) is 3.37. The highest BCUT2D eigenvalue weighted by molar-refractivity contribution is 5.87. The van der Waals surface area contributed by atoms with Crippen molar-refractivity contribution in [2.24, 2.45) is 0 Å². The van der Waals surface area contributed by atoms with E-state index in [4.69, 9.17) is 5.11 Å². The van der Waals surface area contributed by atoms with Crippen LogP contribution in [0.2, 0.25) is 0 Å². The number of rotatable bonds is 7. The molecule has 5 nitrogen and oxygen atoms in total. The van der Waals surface area contributed by atoms with Gasteiger partial charge in [0, 0.05) is 51.5 Å². The van der Waals surface area contributed by atoms with E-state index in [1.165, 1.54) is 5.69 Å². The molecule has 3 rings (SSSR count). The lowest BCUT2D eigenvalue weighted by molar-refractivity contribution is 0.0696. The lowest BCUT2D eigenvalue weighted by Crippen LogP contribution is -2.48. The molecule has 1 N–H and O–H groups in total. The van der Waals surface area contributed by atoms with Crippen LogP contribution in [0.4, 0.5) is 5.69 Å². The van der Waals surface area contributed by atoms with Gasteiger partial charge in [-0.3, -0.25) is 4.90 Å². The van der Waals surface area contributed by atoms with Gasteiger partial charge in [0.05, 0.1) is 5.56 Å². The van der Waals surface area contributed by atoms with Gasteiger partial charge < -0.3 is 14.9 Å². The second-order valence-electron chi connectivity index (χ2n) is 6.91. The number of aromatic carboxylic acids is 1. The van der Waals surface area contributed by atoms with Gasteiger partial charge in [0.15, 0.2) is 0 Å². The largest absolute Gasteiger partial charge is 0.478 e. The van der Waals surface area contributed by atoms with Crippen molar-refractivity contribution in [2.45, 2.75) is 6.54 Å². The molecule has 0 aromatic heterocycles. The summed E-state index contributed by atoms with van der Waals surface area (Å²) in [6, 6.07) is 17.8. The molecule has 1 fully saturated rings. The number of likely N-dealkylation sites (N-methyl/N-ethyl adjacent to an activating group) is 1. The number of anilines is 1. The summed E-state index contributed by atoms with van der Waals surface area (Å²) < 4.78 is 0. The third-order valence-electron chi connectivity index (χ3n) is 4.92. The third kappa shape index (κ3) is 5.07. The third-order valence-corrected chi connectivity index (χ3v) is 4.92. The monoisotopic (exact) mass is 353 g/mol. The first kappa shape index (κ1) is 18.4. The topological polar surface area (TPSA) is 47.0 Å². The Morgan fingerprint density at radius 3 is 2.46 bits per heavy atom. The van der Waals surface area contributed by atoms with E-state index >= 15 is 0 Å². The first-order chi connectivity index (χ1) is 12.6. The molecule has 2 aromatic carbocycles. The van der Waals surface area contributed by atoms with E-state index in [2.05, 4.69) is 52.1 Å². The van der Waals surface area contributed by atoms with Gasteiger partial charge in [-0.15, -0.1) is 0 Å². The first-order valence-electron chi connectivity index (χ1n) is 9.15. The van der Waals surface area contributed by atoms with Crippen molar-refractivity contribution in [3.8, 4) is 0 Å². The Labute approximate surface area is 155 Å².